The van der Waals surface area contributed by atoms with E-state index in [1.165, 1.54) is 4.90 Å². The molecule has 0 spiro atoms. The molecule has 154 valence electrons. The van der Waals surface area contributed by atoms with Gasteiger partial charge in [-0.1, -0.05) is 16.8 Å². The van der Waals surface area contributed by atoms with Gasteiger partial charge in [0.15, 0.2) is 17.0 Å². The Morgan fingerprint density at radius 3 is 2.72 bits per heavy atom. The summed E-state index contributed by atoms with van der Waals surface area (Å²) in [7, 11) is 0. The number of rotatable bonds is 4. The number of alkyl halides is 2. The van der Waals surface area contributed by atoms with Gasteiger partial charge >= 0.3 is 0 Å². The lowest BCUT2D eigenvalue weighted by molar-refractivity contribution is 0.0257. The van der Waals surface area contributed by atoms with Crippen molar-refractivity contribution in [1.29, 1.82) is 0 Å². The highest BCUT2D eigenvalue weighted by Gasteiger charge is 2.40. The maximum atomic E-state index is 13.8. The number of fused-ring (bicyclic) bond motifs is 1. The van der Waals surface area contributed by atoms with Crippen molar-refractivity contribution in [3.05, 3.63) is 29.0 Å². The minimum absolute atomic E-state index is 0.188. The van der Waals surface area contributed by atoms with Crippen LogP contribution in [0, 0.1) is 0 Å². The van der Waals surface area contributed by atoms with E-state index in [9.17, 15) is 8.78 Å². The van der Waals surface area contributed by atoms with Crippen molar-refractivity contribution in [2.24, 2.45) is 0 Å². The second-order valence-corrected chi connectivity index (χ2v) is 8.53. The standard InChI is InChI=1S/C18H21ClF2N8/c1-17(2,3)25-16-23-14(28-8-6-18(20,21)10-28)13-15(24-16)29(27-26-13)9-12-11(19)5-4-7-22-12/h4-5,7H,6,8-10H2,1-3H3,(H,23,24,25). The Morgan fingerprint density at radius 1 is 1.28 bits per heavy atom. The number of nitrogens with one attached hydrogen (secondary N) is 1. The Morgan fingerprint density at radius 2 is 2.07 bits per heavy atom. The highest BCUT2D eigenvalue weighted by molar-refractivity contribution is 6.31. The van der Waals surface area contributed by atoms with E-state index in [4.69, 9.17) is 11.6 Å². The van der Waals surface area contributed by atoms with E-state index in [2.05, 4.69) is 30.6 Å². The molecule has 0 radical (unpaired) electrons. The Balaban J connectivity index is 1.80. The van der Waals surface area contributed by atoms with E-state index in [1.54, 1.807) is 23.0 Å². The fourth-order valence-electron chi connectivity index (χ4n) is 3.15. The van der Waals surface area contributed by atoms with Crippen LogP contribution in [0.2, 0.25) is 5.02 Å². The Kier molecular flexibility index (Phi) is 4.76. The fourth-order valence-corrected chi connectivity index (χ4v) is 3.33. The number of halogens is 3. The molecule has 1 saturated heterocycles. The lowest BCUT2D eigenvalue weighted by Crippen LogP contribution is -2.29. The van der Waals surface area contributed by atoms with E-state index in [0.717, 1.165) is 0 Å². The van der Waals surface area contributed by atoms with Gasteiger partial charge in [0.1, 0.15) is 0 Å². The van der Waals surface area contributed by atoms with Crippen molar-refractivity contribution in [3.8, 4) is 0 Å². The summed E-state index contributed by atoms with van der Waals surface area (Å²) >= 11 is 6.22. The van der Waals surface area contributed by atoms with Crippen LogP contribution < -0.4 is 10.2 Å². The molecule has 0 bridgehead atoms. The van der Waals surface area contributed by atoms with Crippen molar-refractivity contribution in [2.45, 2.75) is 45.2 Å². The molecule has 8 nitrogen and oxygen atoms in total. The summed E-state index contributed by atoms with van der Waals surface area (Å²) in [6.45, 7) is 5.92. The molecule has 0 amide bonds. The average Bonchev–Trinajstić information content (AvgIpc) is 3.18. The molecule has 1 fully saturated rings. The summed E-state index contributed by atoms with van der Waals surface area (Å²) in [5.41, 5.74) is 1.09. The lowest BCUT2D eigenvalue weighted by Gasteiger charge is -2.23. The van der Waals surface area contributed by atoms with Crippen molar-refractivity contribution in [3.63, 3.8) is 0 Å². The summed E-state index contributed by atoms with van der Waals surface area (Å²) in [4.78, 5) is 14.8. The van der Waals surface area contributed by atoms with E-state index < -0.39 is 12.5 Å². The maximum Gasteiger partial charge on any atom is 0.266 e. The van der Waals surface area contributed by atoms with Gasteiger partial charge in [-0.15, -0.1) is 5.10 Å². The summed E-state index contributed by atoms with van der Waals surface area (Å²) < 4.78 is 29.2. The molecule has 1 aliphatic heterocycles. The van der Waals surface area contributed by atoms with E-state index in [1.807, 2.05) is 20.8 Å². The predicted molar refractivity (Wildman–Crippen MR) is 107 cm³/mol. The van der Waals surface area contributed by atoms with Crippen LogP contribution in [0.25, 0.3) is 11.2 Å². The van der Waals surface area contributed by atoms with Crippen LogP contribution >= 0.6 is 11.6 Å². The first-order valence-corrected chi connectivity index (χ1v) is 9.61. The van der Waals surface area contributed by atoms with Gasteiger partial charge in [0.2, 0.25) is 5.95 Å². The summed E-state index contributed by atoms with van der Waals surface area (Å²) in [5, 5.41) is 12.0. The largest absolute Gasteiger partial charge is 0.350 e. The summed E-state index contributed by atoms with van der Waals surface area (Å²) in [5.74, 6) is -2.09. The number of hydrogen-bond donors (Lipinski definition) is 1. The van der Waals surface area contributed by atoms with Crippen LogP contribution in [0.3, 0.4) is 0 Å². The molecule has 0 atom stereocenters. The molecule has 0 aromatic carbocycles. The number of aromatic nitrogens is 6. The van der Waals surface area contributed by atoms with Crippen LogP contribution in [0.1, 0.15) is 32.9 Å². The Labute approximate surface area is 171 Å². The SMILES string of the molecule is CC(C)(C)Nc1nc(N2CCC(F)(F)C2)c2nnn(Cc3ncccc3Cl)c2n1. The topological polar surface area (TPSA) is 84.7 Å². The van der Waals surface area contributed by atoms with Gasteiger partial charge in [0, 0.05) is 24.7 Å². The Hall–Kier alpha value is -2.62. The first-order valence-electron chi connectivity index (χ1n) is 9.23. The highest BCUT2D eigenvalue weighted by Crippen LogP contribution is 2.33. The first kappa shape index (κ1) is 19.7. The van der Waals surface area contributed by atoms with Crippen molar-refractivity contribution in [1.82, 2.24) is 29.9 Å². The van der Waals surface area contributed by atoms with E-state index in [0.29, 0.717) is 33.6 Å². The quantitative estimate of drug-likeness (QED) is 0.689. The van der Waals surface area contributed by atoms with Gasteiger partial charge < -0.3 is 10.2 Å². The molecule has 0 unspecified atom stereocenters. The summed E-state index contributed by atoms with van der Waals surface area (Å²) in [6.07, 6.45) is 1.41. The van der Waals surface area contributed by atoms with Crippen LogP contribution in [0.15, 0.2) is 18.3 Å². The average molecular weight is 423 g/mol. The fraction of sp³-hybridized carbons (Fsp3) is 0.500. The molecule has 0 saturated carbocycles. The third kappa shape index (κ3) is 4.21. The Bertz CT molecular complexity index is 1050. The number of anilines is 2. The highest BCUT2D eigenvalue weighted by atomic mass is 35.5. The van der Waals surface area contributed by atoms with Crippen molar-refractivity contribution >= 4 is 34.5 Å². The minimum Gasteiger partial charge on any atom is -0.350 e. The molecule has 1 N–H and O–H groups in total. The first-order chi connectivity index (χ1) is 13.6. The molecule has 4 rings (SSSR count). The van der Waals surface area contributed by atoms with Gasteiger partial charge in [0.25, 0.3) is 5.92 Å². The molecule has 3 aromatic rings. The lowest BCUT2D eigenvalue weighted by atomic mass is 10.1. The molecular formula is C18H21ClF2N8. The monoisotopic (exact) mass is 422 g/mol. The second-order valence-electron chi connectivity index (χ2n) is 8.12. The predicted octanol–water partition coefficient (Wildman–Crippen LogP) is 3.37. The molecule has 11 heteroatoms. The molecule has 1 aliphatic rings. The van der Waals surface area contributed by atoms with E-state index in [-0.39, 0.29) is 25.0 Å². The molecular weight excluding hydrogens is 402 g/mol. The number of hydrogen-bond acceptors (Lipinski definition) is 7. The molecule has 4 heterocycles. The minimum atomic E-state index is -2.76. The van der Waals surface area contributed by atoms with E-state index >= 15 is 0 Å². The van der Waals surface area contributed by atoms with Crippen molar-refractivity contribution in [2.75, 3.05) is 23.3 Å². The van der Waals surface area contributed by atoms with Crippen LogP contribution in [0.5, 0.6) is 0 Å². The molecule has 3 aromatic heterocycles. The van der Waals surface area contributed by atoms with Gasteiger partial charge in [-0.2, -0.15) is 9.97 Å². The maximum absolute atomic E-state index is 13.8. The third-order valence-corrected chi connectivity index (χ3v) is 4.78. The molecule has 0 aliphatic carbocycles. The second kappa shape index (κ2) is 7.01. The number of pyridine rings is 1. The zero-order valence-corrected chi connectivity index (χ0v) is 17.1. The van der Waals surface area contributed by atoms with Gasteiger partial charge in [-0.3, -0.25) is 4.98 Å². The van der Waals surface area contributed by atoms with Crippen LogP contribution in [-0.2, 0) is 6.54 Å². The van der Waals surface area contributed by atoms with Crippen molar-refractivity contribution < 1.29 is 8.78 Å². The van der Waals surface area contributed by atoms with Gasteiger partial charge in [-0.05, 0) is 32.9 Å². The zero-order valence-electron chi connectivity index (χ0n) is 16.3. The molecule has 29 heavy (non-hydrogen) atoms. The third-order valence-electron chi connectivity index (χ3n) is 4.43. The normalized spacial score (nSPS) is 16.6. The smallest absolute Gasteiger partial charge is 0.266 e. The van der Waals surface area contributed by atoms with Gasteiger partial charge in [-0.25, -0.2) is 13.5 Å². The summed E-state index contributed by atoms with van der Waals surface area (Å²) in [6, 6.07) is 3.48. The van der Waals surface area contributed by atoms with Gasteiger partial charge in [0.05, 0.1) is 23.8 Å². The number of nitrogens with zero attached hydrogens (tertiary/aromatic N) is 7. The zero-order chi connectivity index (χ0) is 20.8. The van der Waals surface area contributed by atoms with Crippen LogP contribution in [-0.4, -0.2) is 54.5 Å². The van der Waals surface area contributed by atoms with Crippen LogP contribution in [0.4, 0.5) is 20.5 Å².